The SMILES string of the molecule is CC(=O)O[C@@H]1[C@H]2CC[C@H](C2)[C@@H]1O. The summed E-state index contributed by atoms with van der Waals surface area (Å²) in [6, 6.07) is 0. The van der Waals surface area contributed by atoms with E-state index in [4.69, 9.17) is 4.74 Å². The highest BCUT2D eigenvalue weighted by Gasteiger charge is 2.48. The van der Waals surface area contributed by atoms with Crippen LogP contribution in [0.15, 0.2) is 0 Å². The van der Waals surface area contributed by atoms with Gasteiger partial charge in [-0.3, -0.25) is 4.79 Å². The van der Waals surface area contributed by atoms with Crippen molar-refractivity contribution in [2.75, 3.05) is 0 Å². The number of carbonyl (C=O) groups is 1. The highest BCUT2D eigenvalue weighted by molar-refractivity contribution is 5.66. The lowest BCUT2D eigenvalue weighted by atomic mass is 9.95. The van der Waals surface area contributed by atoms with Gasteiger partial charge in [-0.25, -0.2) is 0 Å². The first-order chi connectivity index (χ1) is 5.68. The second-order valence-electron chi connectivity index (χ2n) is 3.90. The fourth-order valence-corrected chi connectivity index (χ4v) is 2.57. The molecule has 4 atom stereocenters. The van der Waals surface area contributed by atoms with Gasteiger partial charge < -0.3 is 9.84 Å². The normalized spacial score (nSPS) is 44.8. The van der Waals surface area contributed by atoms with Gasteiger partial charge in [-0.1, -0.05) is 0 Å². The zero-order valence-electron chi connectivity index (χ0n) is 7.19. The van der Waals surface area contributed by atoms with Crippen LogP contribution in [0, 0.1) is 11.8 Å². The van der Waals surface area contributed by atoms with Gasteiger partial charge in [0.15, 0.2) is 0 Å². The molecule has 1 N–H and O–H groups in total. The smallest absolute Gasteiger partial charge is 0.303 e. The zero-order chi connectivity index (χ0) is 8.72. The molecule has 68 valence electrons. The summed E-state index contributed by atoms with van der Waals surface area (Å²) in [6.45, 7) is 1.40. The Morgan fingerprint density at radius 1 is 1.42 bits per heavy atom. The predicted molar refractivity (Wildman–Crippen MR) is 42.4 cm³/mol. The molecule has 2 bridgehead atoms. The summed E-state index contributed by atoms with van der Waals surface area (Å²) < 4.78 is 5.07. The van der Waals surface area contributed by atoms with E-state index >= 15 is 0 Å². The van der Waals surface area contributed by atoms with Gasteiger partial charge in [0.1, 0.15) is 6.10 Å². The molecule has 3 nitrogen and oxygen atoms in total. The molecule has 0 radical (unpaired) electrons. The van der Waals surface area contributed by atoms with Crippen LogP contribution in [0.5, 0.6) is 0 Å². The van der Waals surface area contributed by atoms with Crippen LogP contribution in [-0.2, 0) is 9.53 Å². The van der Waals surface area contributed by atoms with Gasteiger partial charge in [-0.05, 0) is 31.1 Å². The molecule has 0 aliphatic heterocycles. The Morgan fingerprint density at radius 2 is 2.08 bits per heavy atom. The van der Waals surface area contributed by atoms with Crippen molar-refractivity contribution in [3.63, 3.8) is 0 Å². The topological polar surface area (TPSA) is 46.5 Å². The fraction of sp³-hybridized carbons (Fsp3) is 0.889. The summed E-state index contributed by atoms with van der Waals surface area (Å²) in [4.78, 5) is 10.7. The van der Waals surface area contributed by atoms with Gasteiger partial charge in [-0.15, -0.1) is 0 Å². The number of aliphatic hydroxyl groups excluding tert-OH is 1. The number of ether oxygens (including phenoxy) is 1. The molecule has 2 saturated carbocycles. The van der Waals surface area contributed by atoms with Gasteiger partial charge in [0.05, 0.1) is 6.10 Å². The van der Waals surface area contributed by atoms with Crippen molar-refractivity contribution in [1.82, 2.24) is 0 Å². The molecule has 0 aromatic carbocycles. The zero-order valence-corrected chi connectivity index (χ0v) is 7.19. The Bertz CT molecular complexity index is 200. The average molecular weight is 170 g/mol. The van der Waals surface area contributed by atoms with Crippen LogP contribution in [0.25, 0.3) is 0 Å². The van der Waals surface area contributed by atoms with E-state index < -0.39 is 6.10 Å². The van der Waals surface area contributed by atoms with Crippen LogP contribution in [0.3, 0.4) is 0 Å². The molecule has 0 unspecified atom stereocenters. The quantitative estimate of drug-likeness (QED) is 0.589. The molecule has 2 aliphatic carbocycles. The lowest BCUT2D eigenvalue weighted by Crippen LogP contribution is -2.35. The molecular formula is C9H14O3. The Balaban J connectivity index is 2.02. The highest BCUT2D eigenvalue weighted by Crippen LogP contribution is 2.45. The third-order valence-corrected chi connectivity index (χ3v) is 3.10. The maximum absolute atomic E-state index is 10.7. The molecule has 0 aromatic rings. The van der Waals surface area contributed by atoms with Crippen LogP contribution in [0.4, 0.5) is 0 Å². The number of esters is 1. The van der Waals surface area contributed by atoms with Crippen LogP contribution in [-0.4, -0.2) is 23.3 Å². The second-order valence-corrected chi connectivity index (χ2v) is 3.90. The van der Waals surface area contributed by atoms with E-state index in [9.17, 15) is 9.90 Å². The molecule has 0 heterocycles. The van der Waals surface area contributed by atoms with Crippen molar-refractivity contribution in [2.24, 2.45) is 11.8 Å². The number of fused-ring (bicyclic) bond motifs is 2. The first-order valence-electron chi connectivity index (χ1n) is 4.54. The molecule has 0 amide bonds. The Kier molecular flexibility index (Phi) is 1.83. The number of aliphatic hydroxyl groups is 1. The van der Waals surface area contributed by atoms with Crippen molar-refractivity contribution in [1.29, 1.82) is 0 Å². The number of rotatable bonds is 1. The monoisotopic (exact) mass is 170 g/mol. The second kappa shape index (κ2) is 2.73. The molecule has 2 aliphatic rings. The van der Waals surface area contributed by atoms with Crippen LogP contribution >= 0.6 is 0 Å². The Hall–Kier alpha value is -0.570. The van der Waals surface area contributed by atoms with Crippen LogP contribution < -0.4 is 0 Å². The number of hydrogen-bond acceptors (Lipinski definition) is 3. The van der Waals surface area contributed by atoms with Crippen molar-refractivity contribution >= 4 is 5.97 Å². The van der Waals surface area contributed by atoms with E-state index in [2.05, 4.69) is 0 Å². The molecule has 2 rings (SSSR count). The highest BCUT2D eigenvalue weighted by atomic mass is 16.6. The van der Waals surface area contributed by atoms with Crippen LogP contribution in [0.2, 0.25) is 0 Å². The average Bonchev–Trinajstić information content (AvgIpc) is 2.53. The lowest BCUT2D eigenvalue weighted by molar-refractivity contribution is -0.155. The third kappa shape index (κ3) is 1.12. The van der Waals surface area contributed by atoms with Crippen molar-refractivity contribution in [3.8, 4) is 0 Å². The van der Waals surface area contributed by atoms with E-state index in [0.29, 0.717) is 11.8 Å². The lowest BCUT2D eigenvalue weighted by Gasteiger charge is -2.26. The minimum atomic E-state index is -0.396. The summed E-state index contributed by atoms with van der Waals surface area (Å²) in [5, 5.41) is 9.65. The predicted octanol–water partition coefficient (Wildman–Crippen LogP) is 0.709. The molecule has 0 aromatic heterocycles. The van der Waals surface area contributed by atoms with Gasteiger partial charge in [0.2, 0.25) is 0 Å². The largest absolute Gasteiger partial charge is 0.459 e. The molecule has 12 heavy (non-hydrogen) atoms. The summed E-state index contributed by atoms with van der Waals surface area (Å²) in [7, 11) is 0. The van der Waals surface area contributed by atoms with Crippen molar-refractivity contribution in [3.05, 3.63) is 0 Å². The maximum atomic E-state index is 10.7. The molecular weight excluding hydrogens is 156 g/mol. The first kappa shape index (κ1) is 8.05. The maximum Gasteiger partial charge on any atom is 0.303 e. The third-order valence-electron chi connectivity index (χ3n) is 3.10. The minimum Gasteiger partial charge on any atom is -0.459 e. The van der Waals surface area contributed by atoms with Crippen molar-refractivity contribution < 1.29 is 14.6 Å². The Morgan fingerprint density at radius 3 is 2.58 bits per heavy atom. The van der Waals surface area contributed by atoms with Gasteiger partial charge in [0.25, 0.3) is 0 Å². The van der Waals surface area contributed by atoms with Crippen LogP contribution in [0.1, 0.15) is 26.2 Å². The van der Waals surface area contributed by atoms with E-state index in [-0.39, 0.29) is 12.1 Å². The van der Waals surface area contributed by atoms with Gasteiger partial charge in [-0.2, -0.15) is 0 Å². The fourth-order valence-electron chi connectivity index (χ4n) is 2.57. The standard InChI is InChI=1S/C9H14O3/c1-5(10)12-9-7-3-2-6(4-7)8(9)11/h6-9,11H,2-4H2,1H3/t6-,7+,8+,9-/m1/s1. The summed E-state index contributed by atoms with van der Waals surface area (Å²) >= 11 is 0. The van der Waals surface area contributed by atoms with Crippen molar-refractivity contribution in [2.45, 2.75) is 38.4 Å². The molecule has 2 fully saturated rings. The van der Waals surface area contributed by atoms with E-state index in [1.165, 1.54) is 6.92 Å². The Labute approximate surface area is 71.7 Å². The van der Waals surface area contributed by atoms with Gasteiger partial charge >= 0.3 is 5.97 Å². The minimum absolute atomic E-state index is 0.207. The van der Waals surface area contributed by atoms with E-state index in [1.807, 2.05) is 0 Å². The molecule has 3 heteroatoms. The van der Waals surface area contributed by atoms with E-state index in [0.717, 1.165) is 19.3 Å². The number of carbonyl (C=O) groups excluding carboxylic acids is 1. The number of hydrogen-bond donors (Lipinski definition) is 1. The van der Waals surface area contributed by atoms with E-state index in [1.54, 1.807) is 0 Å². The summed E-state index contributed by atoms with van der Waals surface area (Å²) in [6.07, 6.45) is 2.65. The molecule has 0 saturated heterocycles. The summed E-state index contributed by atoms with van der Waals surface area (Å²) in [5.74, 6) is 0.542. The van der Waals surface area contributed by atoms with Gasteiger partial charge in [0, 0.05) is 6.92 Å². The summed E-state index contributed by atoms with van der Waals surface area (Å²) in [5.41, 5.74) is 0. The molecule has 0 spiro atoms. The first-order valence-corrected chi connectivity index (χ1v) is 4.54.